The van der Waals surface area contributed by atoms with Gasteiger partial charge in [0.15, 0.2) is 11.5 Å². The number of esters is 1. The van der Waals surface area contributed by atoms with Crippen molar-refractivity contribution < 1.29 is 28.6 Å². The minimum absolute atomic E-state index is 0.0621. The number of anilines is 1. The van der Waals surface area contributed by atoms with Gasteiger partial charge in [0.25, 0.3) is 0 Å². The van der Waals surface area contributed by atoms with Gasteiger partial charge in [0.1, 0.15) is 19.8 Å². The summed E-state index contributed by atoms with van der Waals surface area (Å²) >= 11 is 0. The maximum Gasteiger partial charge on any atom is 0.311 e. The molecule has 2 amide bonds. The quantitative estimate of drug-likeness (QED) is 0.770. The van der Waals surface area contributed by atoms with Gasteiger partial charge in [0, 0.05) is 30.3 Å². The number of rotatable bonds is 5. The van der Waals surface area contributed by atoms with Crippen LogP contribution in [0.15, 0.2) is 42.5 Å². The van der Waals surface area contributed by atoms with Crippen molar-refractivity contribution in [3.63, 3.8) is 0 Å². The second kappa shape index (κ2) is 7.83. The van der Waals surface area contributed by atoms with Crippen LogP contribution in [0.25, 0.3) is 0 Å². The first kappa shape index (κ1) is 18.8. The summed E-state index contributed by atoms with van der Waals surface area (Å²) in [5, 5.41) is 0. The van der Waals surface area contributed by atoms with Gasteiger partial charge in [-0.25, -0.2) is 0 Å². The minimum Gasteiger partial charge on any atom is -0.486 e. The van der Waals surface area contributed by atoms with Crippen LogP contribution in [0.1, 0.15) is 22.3 Å². The molecule has 0 spiro atoms. The van der Waals surface area contributed by atoms with Crippen LogP contribution in [0.3, 0.4) is 0 Å². The largest absolute Gasteiger partial charge is 0.486 e. The van der Waals surface area contributed by atoms with E-state index in [0.29, 0.717) is 36.0 Å². The summed E-state index contributed by atoms with van der Waals surface area (Å²) in [6.45, 7) is 1.26. The first-order valence-electron chi connectivity index (χ1n) is 9.26. The van der Waals surface area contributed by atoms with Gasteiger partial charge in [-0.05, 0) is 29.8 Å². The molecule has 0 radical (unpaired) electrons. The van der Waals surface area contributed by atoms with E-state index in [-0.39, 0.29) is 25.5 Å². The third kappa shape index (κ3) is 4.01. The van der Waals surface area contributed by atoms with Gasteiger partial charge in [-0.3, -0.25) is 14.4 Å². The molecule has 29 heavy (non-hydrogen) atoms. The predicted octanol–water partition coefficient (Wildman–Crippen LogP) is 1.65. The molecule has 1 atom stereocenters. The van der Waals surface area contributed by atoms with E-state index in [1.165, 1.54) is 0 Å². The molecule has 0 bridgehead atoms. The SMILES string of the molecule is NC(=O)c1ccc(COC(=O)[C@@H]2CC(=O)N(c3ccc4c(c3)OCCO4)C2)cc1. The molecule has 2 aliphatic heterocycles. The summed E-state index contributed by atoms with van der Waals surface area (Å²) in [5.41, 5.74) is 6.99. The Balaban J connectivity index is 1.37. The molecule has 0 aliphatic carbocycles. The number of benzene rings is 2. The molecule has 2 aromatic rings. The minimum atomic E-state index is -0.541. The van der Waals surface area contributed by atoms with Gasteiger partial charge < -0.3 is 24.8 Å². The van der Waals surface area contributed by atoms with Gasteiger partial charge in [-0.15, -0.1) is 0 Å². The summed E-state index contributed by atoms with van der Waals surface area (Å²) in [6.07, 6.45) is 0.0912. The molecule has 1 saturated heterocycles. The van der Waals surface area contributed by atoms with Crippen LogP contribution in [0.2, 0.25) is 0 Å². The average molecular weight is 396 g/mol. The first-order valence-corrected chi connectivity index (χ1v) is 9.26. The van der Waals surface area contributed by atoms with Crippen molar-refractivity contribution in [2.45, 2.75) is 13.0 Å². The second-order valence-electron chi connectivity index (χ2n) is 6.90. The molecule has 2 N–H and O–H groups in total. The number of amides is 2. The lowest BCUT2D eigenvalue weighted by Gasteiger charge is -2.22. The Morgan fingerprint density at radius 1 is 1.07 bits per heavy atom. The normalized spacial score (nSPS) is 17.9. The highest BCUT2D eigenvalue weighted by Gasteiger charge is 2.36. The number of carbonyl (C=O) groups excluding carboxylic acids is 3. The van der Waals surface area contributed by atoms with Gasteiger partial charge >= 0.3 is 5.97 Å². The van der Waals surface area contributed by atoms with Crippen LogP contribution in [0.5, 0.6) is 11.5 Å². The zero-order chi connectivity index (χ0) is 20.4. The Kier molecular flexibility index (Phi) is 5.07. The van der Waals surface area contributed by atoms with Crippen molar-refractivity contribution in [3.05, 3.63) is 53.6 Å². The highest BCUT2D eigenvalue weighted by molar-refractivity contribution is 5.99. The van der Waals surface area contributed by atoms with E-state index in [9.17, 15) is 14.4 Å². The van der Waals surface area contributed by atoms with E-state index in [4.69, 9.17) is 19.9 Å². The van der Waals surface area contributed by atoms with Gasteiger partial charge in [-0.2, -0.15) is 0 Å². The third-order valence-corrected chi connectivity index (χ3v) is 4.92. The fourth-order valence-corrected chi connectivity index (χ4v) is 3.35. The monoisotopic (exact) mass is 396 g/mol. The Morgan fingerprint density at radius 2 is 1.79 bits per heavy atom. The van der Waals surface area contributed by atoms with E-state index in [0.717, 1.165) is 5.56 Å². The molecule has 0 saturated carbocycles. The average Bonchev–Trinajstić information content (AvgIpc) is 3.13. The van der Waals surface area contributed by atoms with Crippen molar-refractivity contribution in [2.24, 2.45) is 11.7 Å². The molecule has 2 aliphatic rings. The molecule has 150 valence electrons. The number of nitrogens with zero attached hydrogens (tertiary/aromatic N) is 1. The summed E-state index contributed by atoms with van der Waals surface area (Å²) < 4.78 is 16.4. The van der Waals surface area contributed by atoms with E-state index >= 15 is 0 Å². The van der Waals surface area contributed by atoms with Crippen LogP contribution in [0.4, 0.5) is 5.69 Å². The zero-order valence-electron chi connectivity index (χ0n) is 15.6. The smallest absolute Gasteiger partial charge is 0.311 e. The second-order valence-corrected chi connectivity index (χ2v) is 6.90. The Hall–Kier alpha value is -3.55. The maximum atomic E-state index is 12.4. The fraction of sp³-hybridized carbons (Fsp3) is 0.286. The van der Waals surface area contributed by atoms with Crippen LogP contribution < -0.4 is 20.1 Å². The number of ether oxygens (including phenoxy) is 3. The van der Waals surface area contributed by atoms with Crippen LogP contribution in [0, 0.1) is 5.92 Å². The van der Waals surface area contributed by atoms with Crippen molar-refractivity contribution in [1.29, 1.82) is 0 Å². The lowest BCUT2D eigenvalue weighted by Crippen LogP contribution is -2.26. The van der Waals surface area contributed by atoms with Crippen molar-refractivity contribution in [3.8, 4) is 11.5 Å². The maximum absolute atomic E-state index is 12.4. The highest BCUT2D eigenvalue weighted by Crippen LogP contribution is 2.36. The van der Waals surface area contributed by atoms with Gasteiger partial charge in [0.05, 0.1) is 5.92 Å². The predicted molar refractivity (Wildman–Crippen MR) is 103 cm³/mol. The summed E-state index contributed by atoms with van der Waals surface area (Å²) in [7, 11) is 0. The van der Waals surface area contributed by atoms with Crippen molar-refractivity contribution in [1.82, 2.24) is 0 Å². The molecular weight excluding hydrogens is 376 g/mol. The molecule has 1 fully saturated rings. The van der Waals surface area contributed by atoms with Crippen molar-refractivity contribution in [2.75, 3.05) is 24.7 Å². The van der Waals surface area contributed by atoms with E-state index < -0.39 is 17.8 Å². The molecule has 4 rings (SSSR count). The number of hydrogen-bond donors (Lipinski definition) is 1. The summed E-state index contributed by atoms with van der Waals surface area (Å²) in [6, 6.07) is 11.8. The van der Waals surface area contributed by atoms with Crippen LogP contribution in [-0.2, 0) is 20.9 Å². The lowest BCUT2D eigenvalue weighted by atomic mass is 10.1. The number of nitrogens with two attached hydrogens (primary N) is 1. The molecule has 8 nitrogen and oxygen atoms in total. The number of carbonyl (C=O) groups is 3. The van der Waals surface area contributed by atoms with E-state index in [1.54, 1.807) is 47.4 Å². The molecule has 0 unspecified atom stereocenters. The van der Waals surface area contributed by atoms with Crippen LogP contribution in [-0.4, -0.2) is 37.5 Å². The lowest BCUT2D eigenvalue weighted by molar-refractivity contribution is -0.149. The van der Waals surface area contributed by atoms with Gasteiger partial charge in [-0.1, -0.05) is 12.1 Å². The third-order valence-electron chi connectivity index (χ3n) is 4.92. The van der Waals surface area contributed by atoms with Gasteiger partial charge in [0.2, 0.25) is 11.8 Å². The molecular formula is C21H20N2O6. The first-order chi connectivity index (χ1) is 14.0. The molecule has 2 aromatic carbocycles. The Labute approximate surface area is 167 Å². The molecule has 2 heterocycles. The molecule has 8 heteroatoms. The highest BCUT2D eigenvalue weighted by atomic mass is 16.6. The zero-order valence-corrected chi connectivity index (χ0v) is 15.6. The number of hydrogen-bond acceptors (Lipinski definition) is 6. The van der Waals surface area contributed by atoms with Crippen molar-refractivity contribution >= 4 is 23.5 Å². The molecule has 0 aromatic heterocycles. The summed E-state index contributed by atoms with van der Waals surface area (Å²) in [4.78, 5) is 37.5. The fourth-order valence-electron chi connectivity index (χ4n) is 3.35. The van der Waals surface area contributed by atoms with E-state index in [2.05, 4.69) is 0 Å². The number of fused-ring (bicyclic) bond motifs is 1. The Bertz CT molecular complexity index is 956. The standard InChI is InChI=1S/C21H20N2O6/c22-20(25)14-3-1-13(2-4-14)12-29-21(26)15-9-19(24)23(11-15)16-5-6-17-18(10-16)28-8-7-27-17/h1-6,10,15H,7-9,11-12H2,(H2,22,25)/t15-/m1/s1. The summed E-state index contributed by atoms with van der Waals surface area (Å²) in [5.74, 6) is -0.401. The number of primary amides is 1. The topological polar surface area (TPSA) is 108 Å². The Morgan fingerprint density at radius 3 is 2.52 bits per heavy atom. The van der Waals surface area contributed by atoms with Crippen LogP contribution >= 0.6 is 0 Å². The van der Waals surface area contributed by atoms with E-state index in [1.807, 2.05) is 0 Å².